The summed E-state index contributed by atoms with van der Waals surface area (Å²) in [4.78, 5) is 16.2. The average molecular weight is 418 g/mol. The normalized spacial score (nSPS) is 12.4. The first-order chi connectivity index (χ1) is 14.4. The van der Waals surface area contributed by atoms with Gasteiger partial charge in [-0.25, -0.2) is 0 Å². The molecule has 1 atom stereocenters. The predicted octanol–water partition coefficient (Wildman–Crippen LogP) is 4.14. The maximum Gasteiger partial charge on any atom is 0.387 e. The van der Waals surface area contributed by atoms with Crippen LogP contribution in [0.25, 0.3) is 0 Å². The summed E-state index contributed by atoms with van der Waals surface area (Å²) >= 11 is 0. The van der Waals surface area contributed by atoms with Crippen LogP contribution in [0.15, 0.2) is 53.5 Å². The van der Waals surface area contributed by atoms with Crippen molar-refractivity contribution < 1.29 is 18.3 Å². The van der Waals surface area contributed by atoms with Crippen LogP contribution < -0.4 is 20.7 Å². The molecule has 0 aliphatic rings. The van der Waals surface area contributed by atoms with Crippen LogP contribution in [-0.2, 0) is 17.9 Å². The van der Waals surface area contributed by atoms with E-state index in [0.717, 1.165) is 17.7 Å². The fourth-order valence-corrected chi connectivity index (χ4v) is 2.66. The van der Waals surface area contributed by atoms with Gasteiger partial charge in [0.1, 0.15) is 5.75 Å². The molecule has 0 saturated carbocycles. The zero-order valence-corrected chi connectivity index (χ0v) is 17.4. The summed E-state index contributed by atoms with van der Waals surface area (Å²) in [6.07, 6.45) is 0.778. The molecule has 30 heavy (non-hydrogen) atoms. The predicted molar refractivity (Wildman–Crippen MR) is 115 cm³/mol. The van der Waals surface area contributed by atoms with E-state index in [9.17, 15) is 13.6 Å². The van der Waals surface area contributed by atoms with Crippen LogP contribution in [0.2, 0.25) is 0 Å². The van der Waals surface area contributed by atoms with Gasteiger partial charge in [-0.05, 0) is 30.2 Å². The minimum Gasteiger partial charge on any atom is -0.434 e. The SMILES string of the molecule is CCC(C)C(=O)Nc1cccc(CNC(=NC)NCc2ccccc2OC(F)F)c1. The summed E-state index contributed by atoms with van der Waals surface area (Å²) in [6, 6.07) is 14.2. The summed E-state index contributed by atoms with van der Waals surface area (Å²) in [5.41, 5.74) is 2.29. The Kier molecular flexibility index (Phi) is 9.05. The van der Waals surface area contributed by atoms with E-state index in [1.165, 1.54) is 6.07 Å². The van der Waals surface area contributed by atoms with Crippen molar-refractivity contribution in [3.05, 3.63) is 59.7 Å². The topological polar surface area (TPSA) is 74.8 Å². The lowest BCUT2D eigenvalue weighted by molar-refractivity contribution is -0.119. The number of carbonyl (C=O) groups is 1. The molecule has 0 fully saturated rings. The molecule has 1 amide bonds. The van der Waals surface area contributed by atoms with Gasteiger partial charge in [-0.1, -0.05) is 44.2 Å². The van der Waals surface area contributed by atoms with E-state index in [4.69, 9.17) is 0 Å². The zero-order valence-electron chi connectivity index (χ0n) is 17.4. The lowest BCUT2D eigenvalue weighted by atomic mass is 10.1. The number of rotatable bonds is 9. The maximum atomic E-state index is 12.5. The molecule has 0 bridgehead atoms. The lowest BCUT2D eigenvalue weighted by Gasteiger charge is -2.15. The number of hydrogen-bond acceptors (Lipinski definition) is 3. The Morgan fingerprint density at radius 3 is 2.53 bits per heavy atom. The molecule has 8 heteroatoms. The molecule has 0 spiro atoms. The highest BCUT2D eigenvalue weighted by atomic mass is 19.3. The second-order valence-corrected chi connectivity index (χ2v) is 6.76. The molecule has 2 rings (SSSR count). The van der Waals surface area contributed by atoms with Gasteiger partial charge in [-0.15, -0.1) is 0 Å². The van der Waals surface area contributed by atoms with Crippen LogP contribution in [0.5, 0.6) is 5.75 Å². The molecule has 0 aliphatic carbocycles. The number of carbonyl (C=O) groups excluding carboxylic acids is 1. The molecule has 2 aromatic rings. The van der Waals surface area contributed by atoms with Gasteiger partial charge in [-0.3, -0.25) is 9.79 Å². The van der Waals surface area contributed by atoms with Crippen molar-refractivity contribution in [3.8, 4) is 5.75 Å². The molecule has 1 unspecified atom stereocenters. The molecule has 0 heterocycles. The third-order valence-electron chi connectivity index (χ3n) is 4.57. The zero-order chi connectivity index (χ0) is 21.9. The van der Waals surface area contributed by atoms with Crippen molar-refractivity contribution in [1.29, 1.82) is 0 Å². The van der Waals surface area contributed by atoms with Crippen LogP contribution in [0.1, 0.15) is 31.4 Å². The van der Waals surface area contributed by atoms with Crippen molar-refractivity contribution in [2.45, 2.75) is 40.0 Å². The number of amides is 1. The molecule has 6 nitrogen and oxygen atoms in total. The Morgan fingerprint density at radius 2 is 1.83 bits per heavy atom. The number of hydrogen-bond donors (Lipinski definition) is 3. The number of benzene rings is 2. The fraction of sp³-hybridized carbons (Fsp3) is 0.364. The molecule has 3 N–H and O–H groups in total. The number of ether oxygens (including phenoxy) is 1. The van der Waals surface area contributed by atoms with Gasteiger partial charge in [0, 0.05) is 37.3 Å². The van der Waals surface area contributed by atoms with Gasteiger partial charge < -0.3 is 20.7 Å². The molecule has 2 aromatic carbocycles. The molecular formula is C22H28F2N4O2. The molecule has 0 radical (unpaired) electrons. The first-order valence-electron chi connectivity index (χ1n) is 9.80. The van der Waals surface area contributed by atoms with Crippen LogP contribution in [0, 0.1) is 5.92 Å². The Bertz CT molecular complexity index is 859. The Morgan fingerprint density at radius 1 is 1.10 bits per heavy atom. The summed E-state index contributed by atoms with van der Waals surface area (Å²) in [5, 5.41) is 9.17. The molecule has 0 saturated heterocycles. The van der Waals surface area contributed by atoms with Crippen molar-refractivity contribution >= 4 is 17.6 Å². The standard InChI is InChI=1S/C22H28F2N4O2/c1-4-15(2)20(29)28-18-10-7-8-16(12-18)13-26-22(25-3)27-14-17-9-5-6-11-19(17)30-21(23)24/h5-12,15,21H,4,13-14H2,1-3H3,(H,28,29)(H2,25,26,27). The minimum atomic E-state index is -2.88. The second kappa shape index (κ2) is 11.7. The van der Waals surface area contributed by atoms with Gasteiger partial charge in [-0.2, -0.15) is 8.78 Å². The van der Waals surface area contributed by atoms with Crippen molar-refractivity contribution in [1.82, 2.24) is 10.6 Å². The third kappa shape index (κ3) is 7.35. The molecular weight excluding hydrogens is 390 g/mol. The van der Waals surface area contributed by atoms with Gasteiger partial charge in [0.15, 0.2) is 5.96 Å². The lowest BCUT2D eigenvalue weighted by Crippen LogP contribution is -2.36. The number of anilines is 1. The quantitative estimate of drug-likeness (QED) is 0.423. The minimum absolute atomic E-state index is 0.00947. The van der Waals surface area contributed by atoms with E-state index >= 15 is 0 Å². The highest BCUT2D eigenvalue weighted by Gasteiger charge is 2.11. The Labute approximate surface area is 175 Å². The summed E-state index contributed by atoms with van der Waals surface area (Å²) in [6.45, 7) is 1.73. The maximum absolute atomic E-state index is 12.5. The van der Waals surface area contributed by atoms with Crippen LogP contribution in [-0.4, -0.2) is 25.5 Å². The molecule has 162 valence electrons. The summed E-state index contributed by atoms with van der Waals surface area (Å²) in [5.74, 6) is 0.576. The number of para-hydroxylation sites is 1. The number of alkyl halides is 2. The monoisotopic (exact) mass is 418 g/mol. The van der Waals surface area contributed by atoms with Gasteiger partial charge in [0.25, 0.3) is 0 Å². The fourth-order valence-electron chi connectivity index (χ4n) is 2.66. The second-order valence-electron chi connectivity index (χ2n) is 6.76. The van der Waals surface area contributed by atoms with Crippen molar-refractivity contribution in [3.63, 3.8) is 0 Å². The molecule has 0 aliphatic heterocycles. The van der Waals surface area contributed by atoms with Crippen molar-refractivity contribution in [2.24, 2.45) is 10.9 Å². The average Bonchev–Trinajstić information content (AvgIpc) is 2.74. The van der Waals surface area contributed by atoms with Crippen LogP contribution in [0.3, 0.4) is 0 Å². The van der Waals surface area contributed by atoms with Gasteiger partial charge in [0.2, 0.25) is 5.91 Å². The highest BCUT2D eigenvalue weighted by Crippen LogP contribution is 2.20. The number of guanidine groups is 1. The van der Waals surface area contributed by atoms with Crippen LogP contribution >= 0.6 is 0 Å². The first-order valence-corrected chi connectivity index (χ1v) is 9.80. The highest BCUT2D eigenvalue weighted by molar-refractivity contribution is 5.92. The van der Waals surface area contributed by atoms with Gasteiger partial charge >= 0.3 is 6.61 Å². The Balaban J connectivity index is 1.92. The number of nitrogens with one attached hydrogen (secondary N) is 3. The Hall–Kier alpha value is -3.16. The van der Waals surface area contributed by atoms with Crippen LogP contribution in [0.4, 0.5) is 14.5 Å². The van der Waals surface area contributed by atoms with E-state index in [2.05, 4.69) is 25.7 Å². The summed E-state index contributed by atoms with van der Waals surface area (Å²) < 4.78 is 29.6. The largest absolute Gasteiger partial charge is 0.434 e. The number of nitrogens with zero attached hydrogens (tertiary/aromatic N) is 1. The van der Waals surface area contributed by atoms with E-state index < -0.39 is 6.61 Å². The smallest absolute Gasteiger partial charge is 0.387 e. The number of aliphatic imine (C=N–C) groups is 1. The van der Waals surface area contributed by atoms with E-state index in [1.54, 1.807) is 25.2 Å². The van der Waals surface area contributed by atoms with E-state index in [-0.39, 0.29) is 24.1 Å². The van der Waals surface area contributed by atoms with Crippen molar-refractivity contribution in [2.75, 3.05) is 12.4 Å². The first kappa shape index (κ1) is 23.1. The third-order valence-corrected chi connectivity index (χ3v) is 4.57. The molecule has 0 aromatic heterocycles. The van der Waals surface area contributed by atoms with E-state index in [0.29, 0.717) is 18.1 Å². The summed E-state index contributed by atoms with van der Waals surface area (Å²) in [7, 11) is 1.62. The van der Waals surface area contributed by atoms with Gasteiger partial charge in [0.05, 0.1) is 0 Å². The number of halogens is 2. The van der Waals surface area contributed by atoms with E-state index in [1.807, 2.05) is 38.1 Å².